The SMILES string of the molecule is C=CCN1C(=O)C(C)(C)Oc2ccc(Cl)cc21. The molecule has 0 saturated carbocycles. The number of hydrogen-bond acceptors (Lipinski definition) is 2. The van der Waals surface area contributed by atoms with Gasteiger partial charge in [-0.05, 0) is 32.0 Å². The highest BCUT2D eigenvalue weighted by Crippen LogP contribution is 2.39. The lowest BCUT2D eigenvalue weighted by Gasteiger charge is -2.38. The third-order valence-corrected chi connectivity index (χ3v) is 2.88. The van der Waals surface area contributed by atoms with Gasteiger partial charge >= 0.3 is 0 Å². The Balaban J connectivity index is 2.54. The van der Waals surface area contributed by atoms with Gasteiger partial charge in [-0.25, -0.2) is 0 Å². The molecule has 0 aliphatic carbocycles. The Bertz CT molecular complexity index is 482. The second-order valence-electron chi connectivity index (χ2n) is 4.43. The van der Waals surface area contributed by atoms with E-state index in [4.69, 9.17) is 16.3 Å². The van der Waals surface area contributed by atoms with Gasteiger partial charge in [-0.3, -0.25) is 4.79 Å². The number of ether oxygens (including phenoxy) is 1. The Morgan fingerprint density at radius 3 is 2.88 bits per heavy atom. The van der Waals surface area contributed by atoms with Crippen LogP contribution in [0.2, 0.25) is 5.02 Å². The minimum atomic E-state index is -0.857. The van der Waals surface area contributed by atoms with E-state index in [1.165, 1.54) is 0 Å². The Morgan fingerprint density at radius 2 is 2.24 bits per heavy atom. The van der Waals surface area contributed by atoms with Crippen molar-refractivity contribution in [3.63, 3.8) is 0 Å². The predicted octanol–water partition coefficient (Wildman–Crippen LogP) is 3.03. The fourth-order valence-electron chi connectivity index (χ4n) is 1.85. The number of nitrogens with zero attached hydrogens (tertiary/aromatic N) is 1. The molecule has 0 fully saturated rings. The van der Waals surface area contributed by atoms with Crippen molar-refractivity contribution in [2.24, 2.45) is 0 Å². The fraction of sp³-hybridized carbons (Fsp3) is 0.308. The van der Waals surface area contributed by atoms with Crippen LogP contribution in [0.5, 0.6) is 5.75 Å². The van der Waals surface area contributed by atoms with E-state index in [1.54, 1.807) is 43.0 Å². The minimum absolute atomic E-state index is 0.0906. The molecule has 0 N–H and O–H groups in total. The van der Waals surface area contributed by atoms with Crippen LogP contribution < -0.4 is 9.64 Å². The maximum absolute atomic E-state index is 12.2. The number of amides is 1. The molecule has 0 aromatic heterocycles. The van der Waals surface area contributed by atoms with Crippen molar-refractivity contribution in [1.82, 2.24) is 0 Å². The molecule has 0 spiro atoms. The molecule has 0 bridgehead atoms. The number of fused-ring (bicyclic) bond motifs is 1. The average Bonchev–Trinajstić information content (AvgIpc) is 2.26. The van der Waals surface area contributed by atoms with Crippen LogP contribution in [0.25, 0.3) is 0 Å². The molecule has 17 heavy (non-hydrogen) atoms. The van der Waals surface area contributed by atoms with Crippen molar-refractivity contribution in [3.05, 3.63) is 35.9 Å². The molecule has 4 heteroatoms. The van der Waals surface area contributed by atoms with Crippen molar-refractivity contribution >= 4 is 23.2 Å². The standard InChI is InChI=1S/C13H14ClNO2/c1-4-7-15-10-8-9(14)5-6-11(10)17-13(2,3)12(15)16/h4-6,8H,1,7H2,2-3H3. The summed E-state index contributed by atoms with van der Waals surface area (Å²) in [5.74, 6) is 0.577. The van der Waals surface area contributed by atoms with E-state index in [2.05, 4.69) is 6.58 Å². The molecule has 1 heterocycles. The first-order valence-electron chi connectivity index (χ1n) is 5.37. The number of rotatable bonds is 2. The van der Waals surface area contributed by atoms with Crippen LogP contribution in [0.15, 0.2) is 30.9 Å². The maximum atomic E-state index is 12.2. The van der Waals surface area contributed by atoms with Gasteiger partial charge in [0.2, 0.25) is 0 Å². The van der Waals surface area contributed by atoms with Gasteiger partial charge in [0.05, 0.1) is 5.69 Å². The summed E-state index contributed by atoms with van der Waals surface area (Å²) in [5, 5.41) is 0.578. The van der Waals surface area contributed by atoms with Gasteiger partial charge in [-0.15, -0.1) is 6.58 Å². The summed E-state index contributed by atoms with van der Waals surface area (Å²) in [5.41, 5.74) is -0.161. The van der Waals surface area contributed by atoms with E-state index in [0.717, 1.165) is 0 Å². The first kappa shape index (κ1) is 12.0. The number of carbonyl (C=O) groups is 1. The first-order valence-corrected chi connectivity index (χ1v) is 5.75. The molecule has 0 unspecified atom stereocenters. The monoisotopic (exact) mass is 251 g/mol. The average molecular weight is 252 g/mol. The Hall–Kier alpha value is -1.48. The Labute approximate surface area is 106 Å². The third-order valence-electron chi connectivity index (χ3n) is 2.65. The predicted molar refractivity (Wildman–Crippen MR) is 68.7 cm³/mol. The summed E-state index contributed by atoms with van der Waals surface area (Å²) in [6, 6.07) is 5.26. The molecule has 2 rings (SSSR count). The molecule has 0 atom stereocenters. The lowest BCUT2D eigenvalue weighted by molar-refractivity contribution is -0.132. The van der Waals surface area contributed by atoms with E-state index in [9.17, 15) is 4.79 Å². The van der Waals surface area contributed by atoms with Crippen LogP contribution in [-0.4, -0.2) is 18.1 Å². The van der Waals surface area contributed by atoms with Crippen LogP contribution in [0, 0.1) is 0 Å². The van der Waals surface area contributed by atoms with Gasteiger partial charge in [-0.2, -0.15) is 0 Å². The van der Waals surface area contributed by atoms with Gasteiger partial charge in [-0.1, -0.05) is 17.7 Å². The smallest absolute Gasteiger partial charge is 0.270 e. The van der Waals surface area contributed by atoms with Crippen LogP contribution >= 0.6 is 11.6 Å². The molecular weight excluding hydrogens is 238 g/mol. The number of benzene rings is 1. The highest BCUT2D eigenvalue weighted by molar-refractivity contribution is 6.31. The van der Waals surface area contributed by atoms with Gasteiger partial charge in [0, 0.05) is 11.6 Å². The van der Waals surface area contributed by atoms with Gasteiger partial charge in [0.1, 0.15) is 5.75 Å². The van der Waals surface area contributed by atoms with Gasteiger partial charge in [0.25, 0.3) is 5.91 Å². The molecule has 1 aliphatic rings. The van der Waals surface area contributed by atoms with E-state index < -0.39 is 5.60 Å². The normalized spacial score (nSPS) is 17.4. The Kier molecular flexibility index (Phi) is 2.87. The van der Waals surface area contributed by atoms with Crippen molar-refractivity contribution in [2.45, 2.75) is 19.4 Å². The zero-order valence-electron chi connectivity index (χ0n) is 9.87. The highest BCUT2D eigenvalue weighted by atomic mass is 35.5. The second kappa shape index (κ2) is 4.08. The summed E-state index contributed by atoms with van der Waals surface area (Å²) in [4.78, 5) is 13.9. The first-order chi connectivity index (χ1) is 7.95. The summed E-state index contributed by atoms with van der Waals surface area (Å²) >= 11 is 5.94. The van der Waals surface area contributed by atoms with E-state index >= 15 is 0 Å². The topological polar surface area (TPSA) is 29.5 Å². The zero-order valence-corrected chi connectivity index (χ0v) is 10.6. The largest absolute Gasteiger partial charge is 0.476 e. The molecule has 1 aromatic rings. The molecule has 1 aromatic carbocycles. The van der Waals surface area contributed by atoms with E-state index in [1.807, 2.05) is 0 Å². The molecule has 3 nitrogen and oxygen atoms in total. The molecule has 0 saturated heterocycles. The van der Waals surface area contributed by atoms with Crippen molar-refractivity contribution < 1.29 is 9.53 Å². The molecule has 1 amide bonds. The van der Waals surface area contributed by atoms with E-state index in [0.29, 0.717) is 23.0 Å². The second-order valence-corrected chi connectivity index (χ2v) is 4.87. The number of carbonyl (C=O) groups excluding carboxylic acids is 1. The molecule has 1 aliphatic heterocycles. The summed E-state index contributed by atoms with van der Waals surface area (Å²) in [6.07, 6.45) is 1.68. The summed E-state index contributed by atoms with van der Waals surface area (Å²) in [6.45, 7) is 7.61. The molecule has 90 valence electrons. The summed E-state index contributed by atoms with van der Waals surface area (Å²) < 4.78 is 5.68. The quantitative estimate of drug-likeness (QED) is 0.756. The van der Waals surface area contributed by atoms with E-state index in [-0.39, 0.29) is 5.91 Å². The van der Waals surface area contributed by atoms with Crippen LogP contribution in [-0.2, 0) is 4.79 Å². The van der Waals surface area contributed by atoms with Crippen LogP contribution in [0.1, 0.15) is 13.8 Å². The van der Waals surface area contributed by atoms with Gasteiger partial charge < -0.3 is 9.64 Å². The third kappa shape index (κ3) is 2.03. The summed E-state index contributed by atoms with van der Waals surface area (Å²) in [7, 11) is 0. The highest BCUT2D eigenvalue weighted by Gasteiger charge is 2.40. The van der Waals surface area contributed by atoms with Crippen LogP contribution in [0.3, 0.4) is 0 Å². The Morgan fingerprint density at radius 1 is 1.53 bits per heavy atom. The number of anilines is 1. The van der Waals surface area contributed by atoms with Crippen molar-refractivity contribution in [1.29, 1.82) is 0 Å². The maximum Gasteiger partial charge on any atom is 0.270 e. The van der Waals surface area contributed by atoms with Crippen LogP contribution in [0.4, 0.5) is 5.69 Å². The fourth-order valence-corrected chi connectivity index (χ4v) is 2.02. The zero-order chi connectivity index (χ0) is 12.6. The lowest BCUT2D eigenvalue weighted by atomic mass is 10.0. The number of hydrogen-bond donors (Lipinski definition) is 0. The van der Waals surface area contributed by atoms with Crippen molar-refractivity contribution in [3.8, 4) is 5.75 Å². The molecule has 0 radical (unpaired) electrons. The van der Waals surface area contributed by atoms with Gasteiger partial charge in [0.15, 0.2) is 5.60 Å². The van der Waals surface area contributed by atoms with Crippen molar-refractivity contribution in [2.75, 3.05) is 11.4 Å². The number of halogens is 1. The molecular formula is C13H14ClNO2. The lowest BCUT2D eigenvalue weighted by Crippen LogP contribution is -2.52. The minimum Gasteiger partial charge on any atom is -0.476 e.